The second kappa shape index (κ2) is 15.8. The quantitative estimate of drug-likeness (QED) is 0.308. The first-order valence-electron chi connectivity index (χ1n) is 10.6. The lowest BCUT2D eigenvalue weighted by Gasteiger charge is -2.15. The van der Waals surface area contributed by atoms with Gasteiger partial charge in [-0.05, 0) is 52.2 Å². The predicted octanol–water partition coefficient (Wildman–Crippen LogP) is 6.21. The number of hydrogen-bond acceptors (Lipinski definition) is 4. The molecule has 0 amide bonds. The molecule has 1 rings (SSSR count). The summed E-state index contributed by atoms with van der Waals surface area (Å²) in [5.74, 6) is -0.685. The van der Waals surface area contributed by atoms with Gasteiger partial charge in [0, 0.05) is 17.8 Å². The van der Waals surface area contributed by atoms with E-state index in [-0.39, 0.29) is 0 Å². The number of unbranched alkanes of at least 4 members (excludes halogenated alkanes) is 8. The van der Waals surface area contributed by atoms with Crippen molar-refractivity contribution in [2.75, 3.05) is 7.05 Å². The van der Waals surface area contributed by atoms with Gasteiger partial charge < -0.3 is 10.4 Å². The Bertz CT molecular complexity index is 528. The Morgan fingerprint density at radius 1 is 1.11 bits per heavy atom. The van der Waals surface area contributed by atoms with E-state index in [0.29, 0.717) is 12.5 Å². The van der Waals surface area contributed by atoms with Crippen LogP contribution in [0.3, 0.4) is 0 Å². The van der Waals surface area contributed by atoms with Crippen LogP contribution < -0.4 is 5.32 Å². The van der Waals surface area contributed by atoms with E-state index in [0.717, 1.165) is 30.0 Å². The molecule has 0 radical (unpaired) electrons. The molecule has 0 saturated carbocycles. The predicted molar refractivity (Wildman–Crippen MR) is 116 cm³/mol. The number of nitrogens with zero attached hydrogens (tertiary/aromatic N) is 1. The smallest absolute Gasteiger partial charge is 0.303 e. The number of carboxylic acids is 1. The fourth-order valence-electron chi connectivity index (χ4n) is 3.31. The molecule has 4 nitrogen and oxygen atoms in total. The Morgan fingerprint density at radius 2 is 1.74 bits per heavy atom. The first-order chi connectivity index (χ1) is 13.1. The molecule has 0 bridgehead atoms. The van der Waals surface area contributed by atoms with Crippen molar-refractivity contribution in [3.63, 3.8) is 0 Å². The lowest BCUT2D eigenvalue weighted by Crippen LogP contribution is -2.25. The highest BCUT2D eigenvalue weighted by Gasteiger charge is 2.07. The number of thiazole rings is 1. The van der Waals surface area contributed by atoms with Crippen LogP contribution >= 0.6 is 11.3 Å². The summed E-state index contributed by atoms with van der Waals surface area (Å²) in [4.78, 5) is 15.0. The maximum atomic E-state index is 10.6. The van der Waals surface area contributed by atoms with Gasteiger partial charge in [0.1, 0.15) is 0 Å². The molecule has 0 saturated heterocycles. The number of aliphatic carboxylic acids is 1. The normalized spacial score (nSPS) is 12.7. The van der Waals surface area contributed by atoms with Crippen LogP contribution in [0.1, 0.15) is 94.2 Å². The molecule has 1 aromatic heterocycles. The van der Waals surface area contributed by atoms with Crippen molar-refractivity contribution in [2.24, 2.45) is 0 Å². The molecule has 1 unspecified atom stereocenters. The van der Waals surface area contributed by atoms with Gasteiger partial charge in [0.05, 0.1) is 10.7 Å². The van der Waals surface area contributed by atoms with Gasteiger partial charge in [-0.15, -0.1) is 11.3 Å². The summed E-state index contributed by atoms with van der Waals surface area (Å²) in [6.45, 7) is 2.05. The van der Waals surface area contributed by atoms with E-state index < -0.39 is 5.97 Å². The van der Waals surface area contributed by atoms with Gasteiger partial charge in [0.25, 0.3) is 0 Å². The Kier molecular flexibility index (Phi) is 14.0. The number of rotatable bonds is 17. The van der Waals surface area contributed by atoms with Crippen LogP contribution in [0.2, 0.25) is 0 Å². The molecule has 1 heterocycles. The van der Waals surface area contributed by atoms with Gasteiger partial charge in [0.15, 0.2) is 0 Å². The third-order valence-corrected chi connectivity index (χ3v) is 5.74. The molecule has 0 aliphatic heterocycles. The highest BCUT2D eigenvalue weighted by molar-refractivity contribution is 7.09. The number of nitrogens with one attached hydrogen (secondary N) is 1. The zero-order valence-corrected chi connectivity index (χ0v) is 18.0. The molecule has 0 aliphatic carbocycles. The van der Waals surface area contributed by atoms with Crippen LogP contribution in [0, 0.1) is 6.92 Å². The second-order valence-corrected chi connectivity index (χ2v) is 8.43. The Balaban J connectivity index is 1.86. The van der Waals surface area contributed by atoms with Gasteiger partial charge in [-0.2, -0.15) is 0 Å². The SMILES string of the molecule is CNC(CCCCCCCCCCC=Cc1csc(C)n1)CCCC(=O)O. The molecule has 1 aromatic rings. The van der Waals surface area contributed by atoms with Crippen LogP contribution in [0.5, 0.6) is 0 Å². The Morgan fingerprint density at radius 3 is 2.33 bits per heavy atom. The van der Waals surface area contributed by atoms with Gasteiger partial charge in [-0.25, -0.2) is 4.98 Å². The number of carbonyl (C=O) groups is 1. The van der Waals surface area contributed by atoms with Gasteiger partial charge in [-0.3, -0.25) is 4.79 Å². The molecule has 0 aromatic carbocycles. The minimum Gasteiger partial charge on any atom is -0.481 e. The van der Waals surface area contributed by atoms with Crippen LogP contribution in [-0.4, -0.2) is 29.1 Å². The minimum atomic E-state index is -0.685. The minimum absolute atomic E-state index is 0.290. The van der Waals surface area contributed by atoms with Gasteiger partial charge in [-0.1, -0.05) is 51.0 Å². The third kappa shape index (κ3) is 13.6. The number of carboxylic acid groups (broad SMARTS) is 1. The van der Waals surface area contributed by atoms with Crippen molar-refractivity contribution in [3.05, 3.63) is 22.2 Å². The van der Waals surface area contributed by atoms with E-state index in [2.05, 4.69) is 27.8 Å². The summed E-state index contributed by atoms with van der Waals surface area (Å²) in [6.07, 6.45) is 19.3. The summed E-state index contributed by atoms with van der Waals surface area (Å²) in [7, 11) is 1.98. The van der Waals surface area contributed by atoms with Crippen molar-refractivity contribution in [3.8, 4) is 0 Å². The van der Waals surface area contributed by atoms with E-state index in [1.807, 2.05) is 14.0 Å². The van der Waals surface area contributed by atoms with Crippen molar-refractivity contribution < 1.29 is 9.90 Å². The van der Waals surface area contributed by atoms with Crippen molar-refractivity contribution >= 4 is 23.4 Å². The topological polar surface area (TPSA) is 62.2 Å². The summed E-state index contributed by atoms with van der Waals surface area (Å²) in [5.41, 5.74) is 1.10. The van der Waals surface area contributed by atoms with E-state index in [4.69, 9.17) is 5.11 Å². The number of aryl methyl sites for hydroxylation is 1. The molecular weight excluding hydrogens is 356 g/mol. The first-order valence-corrected chi connectivity index (χ1v) is 11.5. The monoisotopic (exact) mass is 394 g/mol. The number of hydrogen-bond donors (Lipinski definition) is 2. The number of allylic oxidation sites excluding steroid dienone is 1. The van der Waals surface area contributed by atoms with E-state index in [1.54, 1.807) is 11.3 Å². The molecule has 1 atom stereocenters. The van der Waals surface area contributed by atoms with Crippen molar-refractivity contribution in [1.82, 2.24) is 10.3 Å². The summed E-state index contributed by atoms with van der Waals surface area (Å²) in [5, 5.41) is 15.3. The second-order valence-electron chi connectivity index (χ2n) is 7.37. The fraction of sp³-hybridized carbons (Fsp3) is 0.727. The molecule has 27 heavy (non-hydrogen) atoms. The lowest BCUT2D eigenvalue weighted by molar-refractivity contribution is -0.137. The molecular formula is C22H38N2O2S. The van der Waals surface area contributed by atoms with E-state index in [9.17, 15) is 4.79 Å². The fourth-order valence-corrected chi connectivity index (χ4v) is 3.89. The standard InChI is InChI=1S/C22H38N2O2S/c1-19-24-21(18-27-19)15-12-10-8-6-4-3-5-7-9-11-14-20(23-2)16-13-17-22(25)26/h12,15,18,20,23H,3-11,13-14,16-17H2,1-2H3,(H,25,26). The highest BCUT2D eigenvalue weighted by Crippen LogP contribution is 2.14. The van der Waals surface area contributed by atoms with Crippen LogP contribution in [0.15, 0.2) is 11.5 Å². The summed E-state index contributed by atoms with van der Waals surface area (Å²) in [6, 6.07) is 0.477. The summed E-state index contributed by atoms with van der Waals surface area (Å²) < 4.78 is 0. The van der Waals surface area contributed by atoms with E-state index >= 15 is 0 Å². The maximum Gasteiger partial charge on any atom is 0.303 e. The molecule has 5 heteroatoms. The first kappa shape index (κ1) is 23.8. The maximum absolute atomic E-state index is 10.6. The zero-order valence-electron chi connectivity index (χ0n) is 17.2. The number of aromatic nitrogens is 1. The Hall–Kier alpha value is -1.20. The third-order valence-electron chi connectivity index (χ3n) is 4.95. The lowest BCUT2D eigenvalue weighted by atomic mass is 10.0. The Labute approximate surface area is 169 Å². The van der Waals surface area contributed by atoms with Crippen LogP contribution in [0.4, 0.5) is 0 Å². The van der Waals surface area contributed by atoms with Crippen molar-refractivity contribution in [2.45, 2.75) is 96.4 Å². The molecule has 154 valence electrons. The average molecular weight is 395 g/mol. The van der Waals surface area contributed by atoms with Crippen LogP contribution in [0.25, 0.3) is 6.08 Å². The average Bonchev–Trinajstić information content (AvgIpc) is 3.06. The summed E-state index contributed by atoms with van der Waals surface area (Å²) >= 11 is 1.71. The zero-order chi connectivity index (χ0) is 19.7. The molecule has 0 aliphatic rings. The van der Waals surface area contributed by atoms with Gasteiger partial charge in [0.2, 0.25) is 0 Å². The molecule has 0 fully saturated rings. The molecule has 0 spiro atoms. The van der Waals surface area contributed by atoms with Crippen LogP contribution in [-0.2, 0) is 4.79 Å². The molecule has 2 N–H and O–H groups in total. The highest BCUT2D eigenvalue weighted by atomic mass is 32.1. The van der Waals surface area contributed by atoms with E-state index in [1.165, 1.54) is 57.8 Å². The largest absolute Gasteiger partial charge is 0.481 e. The van der Waals surface area contributed by atoms with Crippen molar-refractivity contribution in [1.29, 1.82) is 0 Å². The van der Waals surface area contributed by atoms with Gasteiger partial charge >= 0.3 is 5.97 Å².